The van der Waals surface area contributed by atoms with Crippen molar-refractivity contribution in [2.24, 2.45) is 5.41 Å². The van der Waals surface area contributed by atoms with Crippen LogP contribution in [-0.2, 0) is 22.6 Å². The number of ether oxygens (including phenoxy) is 2. The number of rotatable bonds is 10. The van der Waals surface area contributed by atoms with Gasteiger partial charge in [-0.1, -0.05) is 38.1 Å². The predicted octanol–water partition coefficient (Wildman–Crippen LogP) is 7.85. The highest BCUT2D eigenvalue weighted by Gasteiger charge is 2.37. The fourth-order valence-electron chi connectivity index (χ4n) is 5.38. The lowest BCUT2D eigenvalue weighted by atomic mass is 9.81. The lowest BCUT2D eigenvalue weighted by Gasteiger charge is -2.41. The Morgan fingerprint density at radius 2 is 1.69 bits per heavy atom. The highest BCUT2D eigenvalue weighted by molar-refractivity contribution is 5.88. The van der Waals surface area contributed by atoms with Gasteiger partial charge >= 0.3 is 5.97 Å². The summed E-state index contributed by atoms with van der Waals surface area (Å²) in [5, 5.41) is 10.3. The minimum atomic E-state index is -1.27. The molecule has 42 heavy (non-hydrogen) atoms. The normalized spacial score (nSPS) is 15.9. The van der Waals surface area contributed by atoms with Gasteiger partial charge in [-0.05, 0) is 81.3 Å². The number of aliphatic carboxylic acids is 1. The van der Waals surface area contributed by atoms with Crippen molar-refractivity contribution in [2.45, 2.75) is 79.2 Å². The van der Waals surface area contributed by atoms with Crippen LogP contribution in [0.1, 0.15) is 76.1 Å². The van der Waals surface area contributed by atoms with Crippen molar-refractivity contribution in [2.75, 3.05) is 24.6 Å². The van der Waals surface area contributed by atoms with E-state index >= 15 is 0 Å². The Bertz CT molecular complexity index is 1370. The number of alkyl halides is 1. The van der Waals surface area contributed by atoms with Gasteiger partial charge in [0.15, 0.2) is 6.10 Å². The quantitative estimate of drug-likeness (QED) is 0.263. The van der Waals surface area contributed by atoms with Gasteiger partial charge in [-0.2, -0.15) is 0 Å². The van der Waals surface area contributed by atoms with Crippen molar-refractivity contribution in [1.82, 2.24) is 4.98 Å². The first-order valence-electron chi connectivity index (χ1n) is 14.5. The van der Waals surface area contributed by atoms with Crippen molar-refractivity contribution >= 4 is 11.7 Å². The Morgan fingerprint density at radius 1 is 1.07 bits per heavy atom. The van der Waals surface area contributed by atoms with Gasteiger partial charge in [0.1, 0.15) is 18.2 Å². The summed E-state index contributed by atoms with van der Waals surface area (Å²) in [4.78, 5) is 19.4. The molecule has 3 aromatic rings. The Balaban J connectivity index is 1.75. The third-order valence-corrected chi connectivity index (χ3v) is 7.71. The summed E-state index contributed by atoms with van der Waals surface area (Å²) >= 11 is 0. The smallest absolute Gasteiger partial charge is 0.337 e. The van der Waals surface area contributed by atoms with Crippen molar-refractivity contribution in [3.8, 4) is 16.9 Å². The minimum absolute atomic E-state index is 0.156. The summed E-state index contributed by atoms with van der Waals surface area (Å²) in [6.07, 6.45) is 1.18. The fourth-order valence-corrected chi connectivity index (χ4v) is 5.38. The van der Waals surface area contributed by atoms with Crippen LogP contribution in [-0.4, -0.2) is 41.4 Å². The number of benzene rings is 2. The maximum absolute atomic E-state index is 14.6. The summed E-state index contributed by atoms with van der Waals surface area (Å²) in [5.41, 5.74) is 3.55. The molecule has 1 unspecified atom stereocenters. The summed E-state index contributed by atoms with van der Waals surface area (Å²) in [5.74, 6) is -0.745. The number of halogens is 2. The molecule has 1 aromatic heterocycles. The van der Waals surface area contributed by atoms with E-state index in [2.05, 4.69) is 23.7 Å². The van der Waals surface area contributed by atoms with E-state index in [4.69, 9.17) is 9.47 Å². The van der Waals surface area contributed by atoms with Crippen LogP contribution >= 0.6 is 0 Å². The second-order valence-corrected chi connectivity index (χ2v) is 12.8. The number of aryl methyl sites for hydroxylation is 1. The third kappa shape index (κ3) is 7.65. The van der Waals surface area contributed by atoms with Crippen molar-refractivity contribution in [1.29, 1.82) is 0 Å². The standard InChI is InChI=1S/C34H42F2N2O4/c1-22-28(31(32(39)40)42-33(2,3)4)30(38-18-16-34(5,6)17-19-38)29(27(21-35)37-22)24-9-13-26(14-10-24)41-20-15-23-7-11-25(36)12-8-23/h7-14,31H,15-21H2,1-6H3,(H,39,40). The number of carboxylic acids is 1. The van der Waals surface area contributed by atoms with E-state index in [1.54, 1.807) is 19.1 Å². The molecule has 0 radical (unpaired) electrons. The first kappa shape index (κ1) is 31.4. The second-order valence-electron chi connectivity index (χ2n) is 12.8. The zero-order valence-electron chi connectivity index (χ0n) is 25.5. The van der Waals surface area contributed by atoms with Crippen LogP contribution in [0.2, 0.25) is 0 Å². The van der Waals surface area contributed by atoms with Gasteiger partial charge in [0.05, 0.1) is 23.6 Å². The second kappa shape index (κ2) is 12.8. The van der Waals surface area contributed by atoms with E-state index in [1.807, 2.05) is 45.0 Å². The molecule has 2 heterocycles. The maximum Gasteiger partial charge on any atom is 0.337 e. The molecule has 0 amide bonds. The molecule has 1 fully saturated rings. The Hall–Kier alpha value is -3.52. The number of piperidine rings is 1. The third-order valence-electron chi connectivity index (χ3n) is 7.71. The molecule has 2 aromatic carbocycles. The van der Waals surface area contributed by atoms with E-state index in [1.165, 1.54) is 12.1 Å². The highest BCUT2D eigenvalue weighted by Crippen LogP contribution is 2.45. The first-order chi connectivity index (χ1) is 19.8. The lowest BCUT2D eigenvalue weighted by molar-refractivity contribution is -0.160. The zero-order chi connectivity index (χ0) is 30.7. The van der Waals surface area contributed by atoms with Gasteiger partial charge in [0, 0.05) is 36.3 Å². The molecule has 0 saturated carbocycles. The summed E-state index contributed by atoms with van der Waals surface area (Å²) in [7, 11) is 0. The Kier molecular flexibility index (Phi) is 9.56. The average Bonchev–Trinajstić information content (AvgIpc) is 2.92. The monoisotopic (exact) mass is 580 g/mol. The SMILES string of the molecule is Cc1nc(CF)c(-c2ccc(OCCc3ccc(F)cc3)cc2)c(N2CCC(C)(C)CC2)c1C(OC(C)(C)C)C(=O)O. The summed E-state index contributed by atoms with van der Waals surface area (Å²) < 4.78 is 39.9. The van der Waals surface area contributed by atoms with E-state index in [0.29, 0.717) is 54.4 Å². The number of nitrogens with zero attached hydrogens (tertiary/aromatic N) is 2. The minimum Gasteiger partial charge on any atom is -0.493 e. The number of hydrogen-bond acceptors (Lipinski definition) is 5. The van der Waals surface area contributed by atoms with Crippen molar-refractivity contribution < 1.29 is 28.2 Å². The topological polar surface area (TPSA) is 71.9 Å². The van der Waals surface area contributed by atoms with Crippen LogP contribution in [0.15, 0.2) is 48.5 Å². The average molecular weight is 581 g/mol. The first-order valence-corrected chi connectivity index (χ1v) is 14.5. The Morgan fingerprint density at radius 3 is 2.24 bits per heavy atom. The van der Waals surface area contributed by atoms with Crippen LogP contribution in [0, 0.1) is 18.2 Å². The fraction of sp³-hybridized carbons (Fsp3) is 0.471. The van der Waals surface area contributed by atoms with Gasteiger partial charge in [0.25, 0.3) is 0 Å². The molecular formula is C34H42F2N2O4. The summed E-state index contributed by atoms with van der Waals surface area (Å²) in [6, 6.07) is 13.7. The number of aromatic nitrogens is 1. The molecule has 0 bridgehead atoms. The van der Waals surface area contributed by atoms with Crippen molar-refractivity contribution in [3.05, 3.63) is 76.9 Å². The molecule has 1 aliphatic rings. The van der Waals surface area contributed by atoms with Crippen LogP contribution < -0.4 is 9.64 Å². The van der Waals surface area contributed by atoms with Crippen molar-refractivity contribution in [3.63, 3.8) is 0 Å². The van der Waals surface area contributed by atoms with Gasteiger partial charge in [-0.3, -0.25) is 4.98 Å². The molecular weight excluding hydrogens is 538 g/mol. The molecule has 0 spiro atoms. The number of carbonyl (C=O) groups is 1. The predicted molar refractivity (Wildman–Crippen MR) is 161 cm³/mol. The van der Waals surface area contributed by atoms with Crippen LogP contribution in [0.3, 0.4) is 0 Å². The van der Waals surface area contributed by atoms with E-state index < -0.39 is 24.3 Å². The van der Waals surface area contributed by atoms with Gasteiger partial charge in [-0.15, -0.1) is 0 Å². The number of pyridine rings is 1. The van der Waals surface area contributed by atoms with Gasteiger partial charge in [0.2, 0.25) is 0 Å². The molecule has 226 valence electrons. The molecule has 1 N–H and O–H groups in total. The Labute approximate surface area is 247 Å². The maximum atomic E-state index is 14.6. The largest absolute Gasteiger partial charge is 0.493 e. The molecule has 4 rings (SSSR count). The summed E-state index contributed by atoms with van der Waals surface area (Å²) in [6.45, 7) is 12.7. The van der Waals surface area contributed by atoms with E-state index in [9.17, 15) is 18.7 Å². The lowest BCUT2D eigenvalue weighted by Crippen LogP contribution is -2.39. The van der Waals surface area contributed by atoms with Gasteiger partial charge in [-0.25, -0.2) is 13.6 Å². The van der Waals surface area contributed by atoms with Crippen LogP contribution in [0.25, 0.3) is 11.1 Å². The van der Waals surface area contributed by atoms with E-state index in [-0.39, 0.29) is 16.9 Å². The molecule has 1 saturated heterocycles. The number of hydrogen-bond donors (Lipinski definition) is 1. The molecule has 1 aliphatic heterocycles. The van der Waals surface area contributed by atoms with E-state index in [0.717, 1.165) is 24.0 Å². The number of anilines is 1. The number of carboxylic acid groups (broad SMARTS) is 1. The van der Waals surface area contributed by atoms with Gasteiger partial charge < -0.3 is 19.5 Å². The van der Waals surface area contributed by atoms with Crippen LogP contribution in [0.4, 0.5) is 14.5 Å². The molecule has 6 nitrogen and oxygen atoms in total. The molecule has 0 aliphatic carbocycles. The molecule has 8 heteroatoms. The highest BCUT2D eigenvalue weighted by atomic mass is 19.1. The van der Waals surface area contributed by atoms with Crippen LogP contribution in [0.5, 0.6) is 5.75 Å². The molecule has 1 atom stereocenters. The zero-order valence-corrected chi connectivity index (χ0v) is 25.5.